The Morgan fingerprint density at radius 1 is 0.905 bits per heavy atom. The van der Waals surface area contributed by atoms with Crippen LogP contribution < -0.4 is 5.32 Å². The van der Waals surface area contributed by atoms with Crippen molar-refractivity contribution in [2.45, 2.75) is 54.5 Å². The number of carbonyl (C=O) groups excluding carboxylic acids is 2. The first-order valence-electron chi connectivity index (χ1n) is 7.20. The summed E-state index contributed by atoms with van der Waals surface area (Å²) in [5.41, 5.74) is 5.80. The second-order valence-corrected chi connectivity index (χ2v) is 5.80. The summed E-state index contributed by atoms with van der Waals surface area (Å²) in [5.74, 6) is -0.718. The third-order valence-electron chi connectivity index (χ3n) is 3.99. The molecule has 4 nitrogen and oxygen atoms in total. The van der Waals surface area contributed by atoms with Gasteiger partial charge in [0, 0.05) is 6.04 Å². The van der Waals surface area contributed by atoms with Gasteiger partial charge in [0.25, 0.3) is 5.91 Å². The Labute approximate surface area is 126 Å². The third kappa shape index (κ3) is 3.84. The summed E-state index contributed by atoms with van der Waals surface area (Å²) < 4.78 is 5.15. The van der Waals surface area contributed by atoms with Crippen LogP contribution in [0.15, 0.2) is 0 Å². The Bertz CT molecular complexity index is 545. The van der Waals surface area contributed by atoms with Crippen LogP contribution in [0.5, 0.6) is 0 Å². The number of esters is 1. The first-order chi connectivity index (χ1) is 9.66. The van der Waals surface area contributed by atoms with E-state index in [2.05, 4.69) is 12.2 Å². The fraction of sp³-hybridized carbons (Fsp3) is 0.529. The second kappa shape index (κ2) is 6.74. The first kappa shape index (κ1) is 17.2. The number of hydrogen-bond donors (Lipinski definition) is 1. The highest BCUT2D eigenvalue weighted by atomic mass is 16.5. The molecule has 1 aromatic carbocycles. The molecule has 0 atom stereocenters. The molecule has 0 bridgehead atoms. The molecule has 0 saturated carbocycles. The highest BCUT2D eigenvalue weighted by molar-refractivity contribution is 5.95. The molecule has 0 radical (unpaired) electrons. The van der Waals surface area contributed by atoms with Crippen molar-refractivity contribution >= 4 is 11.9 Å². The summed E-state index contributed by atoms with van der Waals surface area (Å²) in [7, 11) is 0. The van der Waals surface area contributed by atoms with E-state index in [1.165, 1.54) is 5.56 Å². The summed E-state index contributed by atoms with van der Waals surface area (Å²) in [6.45, 7) is 13.4. The first-order valence-corrected chi connectivity index (χ1v) is 7.20. The van der Waals surface area contributed by atoms with Crippen LogP contribution in [0.25, 0.3) is 0 Å². The summed E-state index contributed by atoms with van der Waals surface area (Å²) in [6.07, 6.45) is 0. The van der Waals surface area contributed by atoms with Gasteiger partial charge in [0.1, 0.15) is 0 Å². The maximum atomic E-state index is 12.3. The summed E-state index contributed by atoms with van der Waals surface area (Å²) in [6, 6.07) is 0.0311. The Morgan fingerprint density at radius 3 is 1.76 bits per heavy atom. The van der Waals surface area contributed by atoms with Gasteiger partial charge < -0.3 is 10.1 Å². The topological polar surface area (TPSA) is 55.4 Å². The zero-order chi connectivity index (χ0) is 16.3. The molecule has 0 fully saturated rings. The minimum absolute atomic E-state index is 0.0311. The Morgan fingerprint density at radius 2 is 1.33 bits per heavy atom. The number of nitrogens with one attached hydrogen (secondary N) is 1. The van der Waals surface area contributed by atoms with Gasteiger partial charge in [-0.05, 0) is 76.3 Å². The highest BCUT2D eigenvalue weighted by Gasteiger charge is 2.20. The van der Waals surface area contributed by atoms with E-state index in [9.17, 15) is 9.59 Å². The lowest BCUT2D eigenvalue weighted by Gasteiger charge is -2.17. The number of rotatable bonds is 4. The smallest absolute Gasteiger partial charge is 0.339 e. The number of ether oxygens (including phenoxy) is 1. The molecule has 1 rings (SSSR count). The van der Waals surface area contributed by atoms with Crippen molar-refractivity contribution < 1.29 is 14.3 Å². The minimum Gasteiger partial charge on any atom is -0.452 e. The van der Waals surface area contributed by atoms with Crippen molar-refractivity contribution in [1.82, 2.24) is 5.32 Å². The van der Waals surface area contributed by atoms with E-state index >= 15 is 0 Å². The number of benzene rings is 1. The predicted octanol–water partition coefficient (Wildman–Crippen LogP) is 2.91. The minimum atomic E-state index is -0.435. The third-order valence-corrected chi connectivity index (χ3v) is 3.99. The van der Waals surface area contributed by atoms with Crippen molar-refractivity contribution in [3.8, 4) is 0 Å². The SMILES string of the molecule is Cc1c(C)c(C)c(C(=O)OCC(=O)NC(C)C)c(C)c1C. The van der Waals surface area contributed by atoms with Gasteiger partial charge in [-0.1, -0.05) is 0 Å². The van der Waals surface area contributed by atoms with E-state index in [0.29, 0.717) is 5.56 Å². The van der Waals surface area contributed by atoms with Crippen LogP contribution in [0.1, 0.15) is 52.0 Å². The van der Waals surface area contributed by atoms with Crippen LogP contribution in [-0.2, 0) is 9.53 Å². The fourth-order valence-electron chi connectivity index (χ4n) is 2.37. The molecule has 116 valence electrons. The number of amides is 1. The molecule has 0 spiro atoms. The number of hydrogen-bond acceptors (Lipinski definition) is 3. The molecule has 1 aromatic rings. The average molecular weight is 291 g/mol. The molecular formula is C17H25NO3. The van der Waals surface area contributed by atoms with Crippen LogP contribution in [0.4, 0.5) is 0 Å². The molecule has 0 unspecified atom stereocenters. The highest BCUT2D eigenvalue weighted by Crippen LogP contribution is 2.26. The molecule has 0 aliphatic carbocycles. The van der Waals surface area contributed by atoms with Gasteiger partial charge in [0.05, 0.1) is 5.56 Å². The summed E-state index contributed by atoms with van der Waals surface area (Å²) in [4.78, 5) is 23.8. The normalized spacial score (nSPS) is 10.7. The van der Waals surface area contributed by atoms with E-state index in [1.807, 2.05) is 41.5 Å². The van der Waals surface area contributed by atoms with Gasteiger partial charge in [-0.2, -0.15) is 0 Å². The molecular weight excluding hydrogens is 266 g/mol. The molecule has 0 aromatic heterocycles. The Kier molecular flexibility index (Phi) is 5.53. The summed E-state index contributed by atoms with van der Waals surface area (Å²) in [5, 5.41) is 2.69. The fourth-order valence-corrected chi connectivity index (χ4v) is 2.37. The van der Waals surface area contributed by atoms with Crippen molar-refractivity contribution in [2.75, 3.05) is 6.61 Å². The van der Waals surface area contributed by atoms with E-state index in [1.54, 1.807) is 0 Å². The Balaban J connectivity index is 2.96. The molecule has 4 heteroatoms. The van der Waals surface area contributed by atoms with Crippen molar-refractivity contribution in [3.63, 3.8) is 0 Å². The van der Waals surface area contributed by atoms with Gasteiger partial charge in [0.15, 0.2) is 6.61 Å². The predicted molar refractivity (Wildman–Crippen MR) is 83.7 cm³/mol. The molecule has 1 N–H and O–H groups in total. The van der Waals surface area contributed by atoms with Gasteiger partial charge in [-0.3, -0.25) is 4.79 Å². The van der Waals surface area contributed by atoms with Crippen LogP contribution in [0, 0.1) is 34.6 Å². The van der Waals surface area contributed by atoms with Crippen molar-refractivity contribution in [2.24, 2.45) is 0 Å². The zero-order valence-electron chi connectivity index (χ0n) is 14.0. The monoisotopic (exact) mass is 291 g/mol. The Hall–Kier alpha value is -1.84. The average Bonchev–Trinajstić information content (AvgIpc) is 2.40. The van der Waals surface area contributed by atoms with Gasteiger partial charge in [-0.25, -0.2) is 4.79 Å². The zero-order valence-corrected chi connectivity index (χ0v) is 14.0. The molecule has 21 heavy (non-hydrogen) atoms. The van der Waals surface area contributed by atoms with E-state index in [-0.39, 0.29) is 18.6 Å². The number of carbonyl (C=O) groups is 2. The lowest BCUT2D eigenvalue weighted by Crippen LogP contribution is -2.34. The van der Waals surface area contributed by atoms with Crippen molar-refractivity contribution in [3.05, 3.63) is 33.4 Å². The molecule has 0 heterocycles. The molecule has 1 amide bonds. The summed E-state index contributed by atoms with van der Waals surface area (Å²) >= 11 is 0. The molecule has 0 saturated heterocycles. The van der Waals surface area contributed by atoms with Crippen LogP contribution >= 0.6 is 0 Å². The van der Waals surface area contributed by atoms with Gasteiger partial charge >= 0.3 is 5.97 Å². The van der Waals surface area contributed by atoms with E-state index in [4.69, 9.17) is 4.74 Å². The maximum Gasteiger partial charge on any atom is 0.339 e. The van der Waals surface area contributed by atoms with Crippen molar-refractivity contribution in [1.29, 1.82) is 0 Å². The van der Waals surface area contributed by atoms with Gasteiger partial charge in [0.2, 0.25) is 0 Å². The molecule has 0 aliphatic heterocycles. The van der Waals surface area contributed by atoms with E-state index in [0.717, 1.165) is 22.3 Å². The lowest BCUT2D eigenvalue weighted by atomic mass is 9.90. The standard InChI is InChI=1S/C17H25NO3/c1-9(2)18-15(19)8-21-17(20)16-13(6)11(4)10(3)12(5)14(16)7/h9H,8H2,1-7H3,(H,18,19). The molecule has 0 aliphatic rings. The maximum absolute atomic E-state index is 12.3. The van der Waals surface area contributed by atoms with Gasteiger partial charge in [-0.15, -0.1) is 0 Å². The van der Waals surface area contributed by atoms with Crippen LogP contribution in [-0.4, -0.2) is 24.5 Å². The van der Waals surface area contributed by atoms with Crippen LogP contribution in [0.2, 0.25) is 0 Å². The quantitative estimate of drug-likeness (QED) is 0.868. The van der Waals surface area contributed by atoms with Crippen LogP contribution in [0.3, 0.4) is 0 Å². The largest absolute Gasteiger partial charge is 0.452 e. The lowest BCUT2D eigenvalue weighted by molar-refractivity contribution is -0.124. The van der Waals surface area contributed by atoms with E-state index < -0.39 is 5.97 Å². The second-order valence-electron chi connectivity index (χ2n) is 5.80.